The summed E-state index contributed by atoms with van der Waals surface area (Å²) in [5, 5.41) is 13.6. The molecule has 26 heavy (non-hydrogen) atoms. The molecular weight excluding hydrogens is 334 g/mol. The van der Waals surface area contributed by atoms with Gasteiger partial charge in [-0.25, -0.2) is 9.67 Å². The van der Waals surface area contributed by atoms with Crippen LogP contribution in [0.5, 0.6) is 0 Å². The Hall–Kier alpha value is -3.75. The van der Waals surface area contributed by atoms with E-state index in [4.69, 9.17) is 4.42 Å². The molecule has 4 rings (SSSR count). The van der Waals surface area contributed by atoms with Crippen LogP contribution in [0, 0.1) is 13.8 Å². The van der Waals surface area contributed by atoms with E-state index in [2.05, 4.69) is 30.6 Å². The van der Waals surface area contributed by atoms with Gasteiger partial charge in [0, 0.05) is 6.20 Å². The standard InChI is InChI=1S/C17H15N7O2/c1-10-6-7-13(26-10)15-20-17(23-22-15)21-16(25)12-9-19-24(11(12)2)14-5-3-4-8-18-14/h3-9H,1-2H3,(H2,20,21,22,23,25). The van der Waals surface area contributed by atoms with Crippen molar-refractivity contribution < 1.29 is 9.21 Å². The number of aromatic amines is 1. The van der Waals surface area contributed by atoms with Crippen molar-refractivity contribution >= 4 is 11.9 Å². The van der Waals surface area contributed by atoms with E-state index in [0.29, 0.717) is 28.7 Å². The van der Waals surface area contributed by atoms with Gasteiger partial charge in [0.25, 0.3) is 5.91 Å². The number of furan rings is 1. The molecule has 9 heteroatoms. The molecule has 0 spiro atoms. The third kappa shape index (κ3) is 2.86. The lowest BCUT2D eigenvalue weighted by Gasteiger charge is -2.04. The second-order valence-corrected chi connectivity index (χ2v) is 5.62. The number of nitrogens with zero attached hydrogens (tertiary/aromatic N) is 5. The zero-order valence-electron chi connectivity index (χ0n) is 14.1. The maximum atomic E-state index is 12.5. The van der Waals surface area contributed by atoms with Crippen molar-refractivity contribution in [1.82, 2.24) is 29.9 Å². The Kier molecular flexibility index (Phi) is 3.81. The minimum Gasteiger partial charge on any atom is -0.458 e. The minimum absolute atomic E-state index is 0.157. The number of nitrogens with one attached hydrogen (secondary N) is 2. The fourth-order valence-electron chi connectivity index (χ4n) is 2.50. The normalized spacial score (nSPS) is 10.8. The Balaban J connectivity index is 1.54. The zero-order valence-corrected chi connectivity index (χ0v) is 14.1. The van der Waals surface area contributed by atoms with Crippen molar-refractivity contribution in [2.24, 2.45) is 0 Å². The van der Waals surface area contributed by atoms with Crippen molar-refractivity contribution in [2.45, 2.75) is 13.8 Å². The summed E-state index contributed by atoms with van der Waals surface area (Å²) in [5.41, 5.74) is 1.08. The second-order valence-electron chi connectivity index (χ2n) is 5.62. The minimum atomic E-state index is -0.356. The molecule has 0 aliphatic carbocycles. The highest BCUT2D eigenvalue weighted by molar-refractivity contribution is 6.04. The van der Waals surface area contributed by atoms with E-state index in [9.17, 15) is 4.79 Å². The molecule has 4 aromatic rings. The van der Waals surface area contributed by atoms with Crippen molar-refractivity contribution in [2.75, 3.05) is 5.32 Å². The summed E-state index contributed by atoms with van der Waals surface area (Å²) in [4.78, 5) is 21.0. The van der Waals surface area contributed by atoms with Gasteiger partial charge in [-0.15, -0.1) is 5.10 Å². The molecule has 0 aliphatic rings. The molecule has 2 N–H and O–H groups in total. The summed E-state index contributed by atoms with van der Waals surface area (Å²) in [7, 11) is 0. The molecule has 0 atom stereocenters. The third-order valence-electron chi connectivity index (χ3n) is 3.81. The summed E-state index contributed by atoms with van der Waals surface area (Å²) < 4.78 is 7.08. The SMILES string of the molecule is Cc1ccc(-c2nc(NC(=O)c3cnn(-c4ccccn4)c3C)n[nH]2)o1. The largest absolute Gasteiger partial charge is 0.458 e. The Labute approximate surface area is 148 Å². The molecule has 0 saturated heterocycles. The lowest BCUT2D eigenvalue weighted by molar-refractivity contribution is 0.102. The van der Waals surface area contributed by atoms with Crippen LogP contribution in [0.1, 0.15) is 21.8 Å². The summed E-state index contributed by atoms with van der Waals surface area (Å²) in [5.74, 6) is 2.19. The van der Waals surface area contributed by atoms with Crippen molar-refractivity contribution in [3.63, 3.8) is 0 Å². The first-order valence-corrected chi connectivity index (χ1v) is 7.88. The summed E-state index contributed by atoms with van der Waals surface area (Å²) in [6, 6.07) is 9.09. The predicted molar refractivity (Wildman–Crippen MR) is 92.9 cm³/mol. The molecule has 4 aromatic heterocycles. The third-order valence-corrected chi connectivity index (χ3v) is 3.81. The van der Waals surface area contributed by atoms with Crippen LogP contribution in [0.15, 0.2) is 47.1 Å². The lowest BCUT2D eigenvalue weighted by atomic mass is 10.2. The van der Waals surface area contributed by atoms with Crippen LogP contribution >= 0.6 is 0 Å². The van der Waals surface area contributed by atoms with Crippen LogP contribution in [0.2, 0.25) is 0 Å². The van der Waals surface area contributed by atoms with Crippen LogP contribution < -0.4 is 5.32 Å². The molecule has 0 saturated carbocycles. The van der Waals surface area contributed by atoms with Gasteiger partial charge >= 0.3 is 0 Å². The van der Waals surface area contributed by atoms with Gasteiger partial charge in [-0.2, -0.15) is 10.1 Å². The van der Waals surface area contributed by atoms with E-state index in [1.165, 1.54) is 6.20 Å². The smallest absolute Gasteiger partial charge is 0.261 e. The van der Waals surface area contributed by atoms with E-state index in [1.807, 2.05) is 31.2 Å². The first-order valence-electron chi connectivity index (χ1n) is 7.88. The maximum Gasteiger partial charge on any atom is 0.261 e. The van der Waals surface area contributed by atoms with E-state index < -0.39 is 0 Å². The van der Waals surface area contributed by atoms with Crippen LogP contribution in [0.25, 0.3) is 17.4 Å². The monoisotopic (exact) mass is 349 g/mol. The number of aromatic nitrogens is 6. The number of hydrogen-bond donors (Lipinski definition) is 2. The summed E-state index contributed by atoms with van der Waals surface area (Å²) in [6.07, 6.45) is 3.16. The topological polar surface area (TPSA) is 115 Å². The number of carbonyl (C=O) groups excluding carboxylic acids is 1. The number of hydrogen-bond acceptors (Lipinski definition) is 6. The van der Waals surface area contributed by atoms with Crippen molar-refractivity contribution in [3.8, 4) is 17.4 Å². The molecule has 0 radical (unpaired) electrons. The highest BCUT2D eigenvalue weighted by Crippen LogP contribution is 2.19. The van der Waals surface area contributed by atoms with Crippen LogP contribution in [-0.4, -0.2) is 35.9 Å². The Morgan fingerprint density at radius 2 is 2.12 bits per heavy atom. The zero-order chi connectivity index (χ0) is 18.1. The number of pyridine rings is 1. The number of H-pyrrole nitrogens is 1. The van der Waals surface area contributed by atoms with Gasteiger partial charge in [-0.05, 0) is 38.1 Å². The van der Waals surface area contributed by atoms with Gasteiger partial charge in [0.1, 0.15) is 5.76 Å². The summed E-state index contributed by atoms with van der Waals surface area (Å²) in [6.45, 7) is 3.64. The Morgan fingerprint density at radius 3 is 2.85 bits per heavy atom. The van der Waals surface area contributed by atoms with Crippen LogP contribution in [0.4, 0.5) is 5.95 Å². The molecule has 0 bridgehead atoms. The number of rotatable bonds is 4. The first kappa shape index (κ1) is 15.8. The number of carbonyl (C=O) groups is 1. The molecular formula is C17H15N7O2. The van der Waals surface area contributed by atoms with Gasteiger partial charge in [0.05, 0.1) is 17.5 Å². The molecule has 0 aromatic carbocycles. The average Bonchev–Trinajstić information content (AvgIpc) is 3.36. The highest BCUT2D eigenvalue weighted by Gasteiger charge is 2.18. The van der Waals surface area contributed by atoms with Gasteiger partial charge in [0.2, 0.25) is 5.95 Å². The number of amides is 1. The lowest BCUT2D eigenvalue weighted by Crippen LogP contribution is -2.14. The number of anilines is 1. The van der Waals surface area contributed by atoms with E-state index in [1.54, 1.807) is 23.9 Å². The molecule has 0 unspecified atom stereocenters. The van der Waals surface area contributed by atoms with Gasteiger partial charge in [-0.1, -0.05) is 6.07 Å². The number of aryl methyl sites for hydroxylation is 1. The molecule has 9 nitrogen and oxygen atoms in total. The highest BCUT2D eigenvalue weighted by atomic mass is 16.3. The fourth-order valence-corrected chi connectivity index (χ4v) is 2.50. The van der Waals surface area contributed by atoms with E-state index in [0.717, 1.165) is 5.76 Å². The van der Waals surface area contributed by atoms with E-state index >= 15 is 0 Å². The maximum absolute atomic E-state index is 12.5. The molecule has 0 aliphatic heterocycles. The van der Waals surface area contributed by atoms with E-state index in [-0.39, 0.29) is 11.9 Å². The Bertz CT molecular complexity index is 1060. The summed E-state index contributed by atoms with van der Waals surface area (Å²) >= 11 is 0. The predicted octanol–water partition coefficient (Wildman–Crippen LogP) is 2.51. The fraction of sp³-hybridized carbons (Fsp3) is 0.118. The molecule has 0 fully saturated rings. The van der Waals surface area contributed by atoms with Gasteiger partial charge < -0.3 is 4.42 Å². The molecule has 130 valence electrons. The Morgan fingerprint density at radius 1 is 1.23 bits per heavy atom. The van der Waals surface area contributed by atoms with Gasteiger partial charge in [-0.3, -0.25) is 15.2 Å². The average molecular weight is 349 g/mol. The van der Waals surface area contributed by atoms with Crippen LogP contribution in [0.3, 0.4) is 0 Å². The molecule has 4 heterocycles. The first-order chi connectivity index (χ1) is 12.6. The van der Waals surface area contributed by atoms with Crippen molar-refractivity contribution in [1.29, 1.82) is 0 Å². The quantitative estimate of drug-likeness (QED) is 0.585. The second kappa shape index (κ2) is 6.28. The van der Waals surface area contributed by atoms with Crippen molar-refractivity contribution in [3.05, 3.63) is 59.7 Å². The van der Waals surface area contributed by atoms with Gasteiger partial charge in [0.15, 0.2) is 17.4 Å². The molecule has 1 amide bonds. The van der Waals surface area contributed by atoms with Crippen LogP contribution in [-0.2, 0) is 0 Å².